The van der Waals surface area contributed by atoms with Crippen LogP contribution in [0.1, 0.15) is 17.0 Å². The Morgan fingerprint density at radius 3 is 3.09 bits per heavy atom. The molecule has 0 unspecified atom stereocenters. The molecule has 23 heavy (non-hydrogen) atoms. The predicted molar refractivity (Wildman–Crippen MR) is 87.0 cm³/mol. The second-order valence-electron chi connectivity index (χ2n) is 5.70. The molecule has 0 aliphatic carbocycles. The Morgan fingerprint density at radius 1 is 1.48 bits per heavy atom. The van der Waals surface area contributed by atoms with Gasteiger partial charge >= 0.3 is 0 Å². The molecule has 1 aliphatic heterocycles. The van der Waals surface area contributed by atoms with Gasteiger partial charge in [-0.3, -0.25) is 4.79 Å². The van der Waals surface area contributed by atoms with Gasteiger partial charge in [0.2, 0.25) is 0 Å². The summed E-state index contributed by atoms with van der Waals surface area (Å²) in [5, 5.41) is 6.10. The summed E-state index contributed by atoms with van der Waals surface area (Å²) in [6.45, 7) is 5.24. The SMILES string of the molecule is Cc1nccn1Cc1cccc(CNC(=O)[C@H]2CNCCO2)c1. The van der Waals surface area contributed by atoms with Gasteiger partial charge in [-0.2, -0.15) is 0 Å². The maximum absolute atomic E-state index is 12.1. The van der Waals surface area contributed by atoms with E-state index in [1.165, 1.54) is 5.56 Å². The van der Waals surface area contributed by atoms with Crippen LogP contribution in [0.3, 0.4) is 0 Å². The number of amides is 1. The number of benzene rings is 1. The van der Waals surface area contributed by atoms with E-state index in [9.17, 15) is 4.79 Å². The number of rotatable bonds is 5. The topological polar surface area (TPSA) is 68.2 Å². The number of hydrogen-bond acceptors (Lipinski definition) is 4. The molecule has 0 radical (unpaired) electrons. The van der Waals surface area contributed by atoms with E-state index in [1.54, 1.807) is 6.20 Å². The molecule has 0 bridgehead atoms. The minimum absolute atomic E-state index is 0.0620. The molecule has 2 N–H and O–H groups in total. The molecule has 1 atom stereocenters. The van der Waals surface area contributed by atoms with Crippen molar-refractivity contribution in [3.63, 3.8) is 0 Å². The first-order valence-electron chi connectivity index (χ1n) is 7.88. The van der Waals surface area contributed by atoms with Gasteiger partial charge in [0.15, 0.2) is 0 Å². The lowest BCUT2D eigenvalue weighted by Crippen LogP contribution is -2.47. The Labute approximate surface area is 135 Å². The van der Waals surface area contributed by atoms with Crippen molar-refractivity contribution in [2.24, 2.45) is 0 Å². The molecule has 1 saturated heterocycles. The summed E-state index contributed by atoms with van der Waals surface area (Å²) in [5.41, 5.74) is 2.27. The van der Waals surface area contributed by atoms with E-state index in [0.717, 1.165) is 24.5 Å². The van der Waals surface area contributed by atoms with Crippen LogP contribution < -0.4 is 10.6 Å². The molecule has 0 spiro atoms. The average Bonchev–Trinajstić information content (AvgIpc) is 2.99. The largest absolute Gasteiger partial charge is 0.366 e. The number of carbonyl (C=O) groups excluding carboxylic acids is 1. The van der Waals surface area contributed by atoms with Gasteiger partial charge in [0, 0.05) is 38.6 Å². The van der Waals surface area contributed by atoms with E-state index in [2.05, 4.69) is 32.3 Å². The van der Waals surface area contributed by atoms with Crippen molar-refractivity contribution in [3.05, 3.63) is 53.6 Å². The van der Waals surface area contributed by atoms with Crippen molar-refractivity contribution in [3.8, 4) is 0 Å². The Morgan fingerprint density at radius 2 is 2.35 bits per heavy atom. The van der Waals surface area contributed by atoms with E-state index < -0.39 is 0 Å². The van der Waals surface area contributed by atoms with Crippen LogP contribution in [-0.2, 0) is 22.6 Å². The zero-order chi connectivity index (χ0) is 16.1. The number of nitrogens with one attached hydrogen (secondary N) is 2. The lowest BCUT2D eigenvalue weighted by Gasteiger charge is -2.22. The Bertz CT molecular complexity index is 662. The minimum Gasteiger partial charge on any atom is -0.366 e. The number of imidazole rings is 1. The highest BCUT2D eigenvalue weighted by molar-refractivity contribution is 5.81. The minimum atomic E-state index is -0.388. The van der Waals surface area contributed by atoms with Crippen molar-refractivity contribution >= 4 is 5.91 Å². The average molecular weight is 314 g/mol. The lowest BCUT2D eigenvalue weighted by molar-refractivity contribution is -0.134. The van der Waals surface area contributed by atoms with Gasteiger partial charge in [-0.15, -0.1) is 0 Å². The standard InChI is InChI=1S/C17H22N4O2/c1-13-19-5-7-21(13)12-15-4-2-3-14(9-15)10-20-17(22)16-11-18-6-8-23-16/h2-5,7,9,16,18H,6,8,10-12H2,1H3,(H,20,22)/t16-/m1/s1. The van der Waals surface area contributed by atoms with E-state index in [4.69, 9.17) is 4.74 Å². The summed E-state index contributed by atoms with van der Waals surface area (Å²) in [7, 11) is 0. The molecule has 1 fully saturated rings. The molecule has 1 amide bonds. The fraction of sp³-hybridized carbons (Fsp3) is 0.412. The van der Waals surface area contributed by atoms with Crippen LogP contribution in [0.5, 0.6) is 0 Å². The second-order valence-corrected chi connectivity index (χ2v) is 5.70. The van der Waals surface area contributed by atoms with Gasteiger partial charge in [0.1, 0.15) is 11.9 Å². The Kier molecular flexibility index (Phi) is 5.05. The van der Waals surface area contributed by atoms with Crippen LogP contribution in [0.4, 0.5) is 0 Å². The molecule has 0 saturated carbocycles. The summed E-state index contributed by atoms with van der Waals surface area (Å²) < 4.78 is 7.55. The lowest BCUT2D eigenvalue weighted by atomic mass is 10.1. The molecule has 1 aromatic heterocycles. The van der Waals surface area contributed by atoms with Crippen LogP contribution in [-0.4, -0.2) is 41.3 Å². The van der Waals surface area contributed by atoms with Crippen molar-refractivity contribution in [2.45, 2.75) is 26.1 Å². The number of hydrogen-bond donors (Lipinski definition) is 2. The van der Waals surface area contributed by atoms with Gasteiger partial charge in [-0.1, -0.05) is 24.3 Å². The Balaban J connectivity index is 1.57. The predicted octanol–water partition coefficient (Wildman–Crippen LogP) is 0.844. The molecule has 2 heterocycles. The third-order valence-electron chi connectivity index (χ3n) is 3.95. The number of aryl methyl sites for hydroxylation is 1. The maximum Gasteiger partial charge on any atom is 0.250 e. The molecule has 1 aromatic carbocycles. The molecule has 2 aromatic rings. The molecule has 6 nitrogen and oxygen atoms in total. The third-order valence-corrected chi connectivity index (χ3v) is 3.95. The van der Waals surface area contributed by atoms with Crippen LogP contribution in [0, 0.1) is 6.92 Å². The quantitative estimate of drug-likeness (QED) is 0.858. The number of ether oxygens (including phenoxy) is 1. The van der Waals surface area contributed by atoms with Crippen LogP contribution >= 0.6 is 0 Å². The molecule has 122 valence electrons. The normalized spacial score (nSPS) is 17.9. The van der Waals surface area contributed by atoms with E-state index in [-0.39, 0.29) is 12.0 Å². The van der Waals surface area contributed by atoms with Gasteiger partial charge in [0.25, 0.3) is 5.91 Å². The summed E-state index contributed by atoms with van der Waals surface area (Å²) in [5.74, 6) is 0.929. The smallest absolute Gasteiger partial charge is 0.250 e. The zero-order valence-corrected chi connectivity index (χ0v) is 13.3. The Hall–Kier alpha value is -2.18. The third kappa shape index (κ3) is 4.18. The highest BCUT2D eigenvalue weighted by Gasteiger charge is 2.21. The van der Waals surface area contributed by atoms with Crippen LogP contribution in [0.2, 0.25) is 0 Å². The van der Waals surface area contributed by atoms with E-state index in [0.29, 0.717) is 19.7 Å². The number of aromatic nitrogens is 2. The zero-order valence-electron chi connectivity index (χ0n) is 13.3. The van der Waals surface area contributed by atoms with Gasteiger partial charge < -0.3 is 19.9 Å². The number of carbonyl (C=O) groups is 1. The van der Waals surface area contributed by atoms with Crippen LogP contribution in [0.25, 0.3) is 0 Å². The first-order chi connectivity index (χ1) is 11.2. The molecular formula is C17H22N4O2. The first-order valence-corrected chi connectivity index (χ1v) is 7.88. The van der Waals surface area contributed by atoms with E-state index in [1.807, 2.05) is 25.3 Å². The maximum atomic E-state index is 12.1. The van der Waals surface area contributed by atoms with Crippen molar-refractivity contribution < 1.29 is 9.53 Å². The fourth-order valence-corrected chi connectivity index (χ4v) is 2.64. The van der Waals surface area contributed by atoms with Crippen molar-refractivity contribution in [1.82, 2.24) is 20.2 Å². The fourth-order valence-electron chi connectivity index (χ4n) is 2.64. The summed E-state index contributed by atoms with van der Waals surface area (Å²) >= 11 is 0. The van der Waals surface area contributed by atoms with Gasteiger partial charge in [0.05, 0.1) is 6.61 Å². The van der Waals surface area contributed by atoms with E-state index >= 15 is 0 Å². The summed E-state index contributed by atoms with van der Waals surface area (Å²) in [6.07, 6.45) is 3.38. The second kappa shape index (κ2) is 7.39. The number of morpholine rings is 1. The monoisotopic (exact) mass is 314 g/mol. The van der Waals surface area contributed by atoms with Gasteiger partial charge in [-0.25, -0.2) is 4.98 Å². The van der Waals surface area contributed by atoms with Gasteiger partial charge in [-0.05, 0) is 18.1 Å². The molecular weight excluding hydrogens is 292 g/mol. The van der Waals surface area contributed by atoms with Crippen molar-refractivity contribution in [1.29, 1.82) is 0 Å². The van der Waals surface area contributed by atoms with Crippen LogP contribution in [0.15, 0.2) is 36.7 Å². The van der Waals surface area contributed by atoms with Crippen molar-refractivity contribution in [2.75, 3.05) is 19.7 Å². The molecule has 6 heteroatoms. The first kappa shape index (κ1) is 15.7. The number of nitrogens with zero attached hydrogens (tertiary/aromatic N) is 2. The summed E-state index contributed by atoms with van der Waals surface area (Å²) in [4.78, 5) is 16.3. The highest BCUT2D eigenvalue weighted by Crippen LogP contribution is 2.09. The highest BCUT2D eigenvalue weighted by atomic mass is 16.5. The molecule has 1 aliphatic rings. The summed E-state index contributed by atoms with van der Waals surface area (Å²) in [6, 6.07) is 8.23. The molecule has 3 rings (SSSR count).